The van der Waals surface area contributed by atoms with Gasteiger partial charge < -0.3 is 44.6 Å². The van der Waals surface area contributed by atoms with Crippen LogP contribution in [0.5, 0.6) is 0 Å². The van der Waals surface area contributed by atoms with Gasteiger partial charge in [-0.05, 0) is 38.0 Å². The predicted molar refractivity (Wildman–Crippen MR) is 259 cm³/mol. The van der Waals surface area contributed by atoms with E-state index in [0.717, 1.165) is 44.4 Å². The lowest BCUT2D eigenvalue weighted by Crippen LogP contribution is -2.43. The molecule has 388 valence electrons. The highest BCUT2D eigenvalue weighted by Crippen LogP contribution is 2.43. The van der Waals surface area contributed by atoms with Crippen LogP contribution in [0, 0.1) is 11.8 Å². The van der Waals surface area contributed by atoms with Gasteiger partial charge in [-0.15, -0.1) is 0 Å². The van der Waals surface area contributed by atoms with Crippen molar-refractivity contribution in [1.29, 1.82) is 0 Å². The highest BCUT2D eigenvalue weighted by atomic mass is 31.2. The molecule has 0 aromatic rings. The van der Waals surface area contributed by atoms with Crippen LogP contribution in [0.15, 0.2) is 24.3 Å². The van der Waals surface area contributed by atoms with Crippen LogP contribution in [0.3, 0.4) is 0 Å². The first kappa shape index (κ1) is 62.3. The quantitative estimate of drug-likeness (QED) is 0.0145. The van der Waals surface area contributed by atoms with E-state index in [1.165, 1.54) is 103 Å². The predicted octanol–water partition coefficient (Wildman–Crippen LogP) is 10.5. The molecule has 15 heteroatoms. The second-order valence-electron chi connectivity index (χ2n) is 18.7. The van der Waals surface area contributed by atoms with Gasteiger partial charge in [0.15, 0.2) is 12.4 Å². The first-order valence-electron chi connectivity index (χ1n) is 26.1. The van der Waals surface area contributed by atoms with Crippen molar-refractivity contribution >= 4 is 19.8 Å². The number of esters is 2. The van der Waals surface area contributed by atoms with E-state index in [-0.39, 0.29) is 25.2 Å². The van der Waals surface area contributed by atoms with E-state index in [1.807, 2.05) is 12.2 Å². The van der Waals surface area contributed by atoms with Gasteiger partial charge in [-0.2, -0.15) is 0 Å². The van der Waals surface area contributed by atoms with E-state index in [9.17, 15) is 39.5 Å². The molecule has 1 rings (SSSR count). The highest BCUT2D eigenvalue weighted by molar-refractivity contribution is 7.47. The van der Waals surface area contributed by atoms with Crippen LogP contribution >= 0.6 is 7.82 Å². The number of carbonyl (C=O) groups is 2. The monoisotopic (exact) mass is 963 g/mol. The smallest absolute Gasteiger partial charge is 0.462 e. The number of phosphoric acid groups is 1. The minimum atomic E-state index is -4.70. The average molecular weight is 963 g/mol. The van der Waals surface area contributed by atoms with Gasteiger partial charge in [-0.3, -0.25) is 18.6 Å². The van der Waals surface area contributed by atoms with Gasteiger partial charge >= 0.3 is 19.8 Å². The Morgan fingerprint density at radius 1 is 0.712 bits per heavy atom. The van der Waals surface area contributed by atoms with Crippen LogP contribution in [0.25, 0.3) is 0 Å². The minimum absolute atomic E-state index is 0.00748. The molecule has 66 heavy (non-hydrogen) atoms. The SMILES string of the molecule is CCCCC[C@H](O)/C=C/[C@H]1OC(O)C[C@H](O)[C@@H]1C/C=C\CCCC(=O)O[C@H](COC(=O)CCCCCCCCCCCCCCCCCCCCC(C)CC)COP(=O)(O)OC[C@@H](O)CO. The minimum Gasteiger partial charge on any atom is -0.462 e. The molecule has 0 saturated carbocycles. The van der Waals surface area contributed by atoms with E-state index >= 15 is 0 Å². The van der Waals surface area contributed by atoms with Crippen LogP contribution in [0.1, 0.15) is 213 Å². The summed E-state index contributed by atoms with van der Waals surface area (Å²) in [7, 11) is -4.70. The maximum absolute atomic E-state index is 12.8. The topological polar surface area (TPSA) is 219 Å². The molecule has 1 aliphatic rings. The largest absolute Gasteiger partial charge is 0.472 e. The summed E-state index contributed by atoms with van der Waals surface area (Å²) in [5.41, 5.74) is 0. The molecule has 6 N–H and O–H groups in total. The summed E-state index contributed by atoms with van der Waals surface area (Å²) in [6.07, 6.45) is 31.8. The number of unbranched alkanes of at least 4 members (excludes halogenated alkanes) is 20. The number of allylic oxidation sites excluding steroid dienone is 2. The van der Waals surface area contributed by atoms with Crippen LogP contribution < -0.4 is 0 Å². The van der Waals surface area contributed by atoms with Gasteiger partial charge in [0.25, 0.3) is 0 Å². The summed E-state index contributed by atoms with van der Waals surface area (Å²) in [6, 6.07) is 0. The Kier molecular flexibility index (Phi) is 38.8. The molecule has 0 aromatic carbocycles. The molecule has 0 aliphatic carbocycles. The zero-order chi connectivity index (χ0) is 48.7. The first-order chi connectivity index (χ1) is 31.8. The second kappa shape index (κ2) is 41.1. The summed E-state index contributed by atoms with van der Waals surface area (Å²) in [5.74, 6) is -0.567. The third-order valence-corrected chi connectivity index (χ3v) is 13.4. The third kappa shape index (κ3) is 35.4. The maximum Gasteiger partial charge on any atom is 0.472 e. The molecule has 1 saturated heterocycles. The van der Waals surface area contributed by atoms with Crippen LogP contribution in [0.2, 0.25) is 0 Å². The number of carbonyl (C=O) groups excluding carboxylic acids is 2. The van der Waals surface area contributed by atoms with E-state index in [1.54, 1.807) is 12.2 Å². The average Bonchev–Trinajstić information content (AvgIpc) is 3.29. The van der Waals surface area contributed by atoms with Gasteiger partial charge in [-0.25, -0.2) is 4.57 Å². The number of ether oxygens (including phenoxy) is 3. The van der Waals surface area contributed by atoms with Gasteiger partial charge in [0.2, 0.25) is 0 Å². The number of aliphatic hydroxyl groups excluding tert-OH is 5. The van der Waals surface area contributed by atoms with Crippen LogP contribution in [-0.2, 0) is 37.4 Å². The molecular formula is C51H95O14P. The highest BCUT2D eigenvalue weighted by Gasteiger charge is 2.35. The Balaban J connectivity index is 2.37. The van der Waals surface area contributed by atoms with Crippen molar-refractivity contribution in [2.45, 2.75) is 250 Å². The van der Waals surface area contributed by atoms with Crippen molar-refractivity contribution in [1.82, 2.24) is 0 Å². The Morgan fingerprint density at radius 2 is 1.26 bits per heavy atom. The van der Waals surface area contributed by atoms with Crippen molar-refractivity contribution in [2.75, 3.05) is 26.4 Å². The third-order valence-electron chi connectivity index (χ3n) is 12.4. The lowest BCUT2D eigenvalue weighted by Gasteiger charge is -2.36. The fraction of sp³-hybridized carbons (Fsp3) is 0.882. The molecule has 14 nitrogen and oxygen atoms in total. The van der Waals surface area contributed by atoms with Gasteiger partial charge in [0.05, 0.1) is 38.1 Å². The Bertz CT molecular complexity index is 1280. The summed E-state index contributed by atoms with van der Waals surface area (Å²) in [4.78, 5) is 35.4. The van der Waals surface area contributed by atoms with E-state index < -0.39 is 83.0 Å². The Labute approximate surface area is 399 Å². The molecular weight excluding hydrogens is 868 g/mol. The summed E-state index contributed by atoms with van der Waals surface area (Å²) < 4.78 is 38.5. The fourth-order valence-corrected chi connectivity index (χ4v) is 8.74. The normalized spacial score (nSPS) is 20.6. The van der Waals surface area contributed by atoms with Crippen molar-refractivity contribution in [3.63, 3.8) is 0 Å². The zero-order valence-corrected chi connectivity index (χ0v) is 42.3. The van der Waals surface area contributed by atoms with Gasteiger partial charge in [-0.1, -0.05) is 186 Å². The lowest BCUT2D eigenvalue weighted by molar-refractivity contribution is -0.199. The maximum atomic E-state index is 12.8. The molecule has 0 spiro atoms. The molecule has 0 aromatic heterocycles. The van der Waals surface area contributed by atoms with E-state index in [0.29, 0.717) is 32.1 Å². The molecule has 1 heterocycles. The van der Waals surface area contributed by atoms with Crippen molar-refractivity contribution in [2.24, 2.45) is 11.8 Å². The van der Waals surface area contributed by atoms with E-state index in [2.05, 4.69) is 20.8 Å². The molecule has 3 unspecified atom stereocenters. The molecule has 0 amide bonds. The standard InChI is InChI=1S/C51H95O14P/c1-4-6-25-31-43(53)35-36-48-46(47(55)37-51(58)65-48)32-27-23-24-29-34-50(57)64-45(41-63-66(59,60)62-39-44(54)38-52)40-61-49(56)33-28-22-20-18-16-14-12-10-8-7-9-11-13-15-17-19-21-26-30-42(3)5-2/h23,27,35-36,42-48,51-55,58H,4-22,24-26,28-34,37-41H2,1-3H3,(H,59,60)/b27-23-,36-35+/t42?,43-,44-,45+,46-,47-,48+,51?/m0/s1. The number of aliphatic hydroxyl groups is 5. The first-order valence-corrected chi connectivity index (χ1v) is 27.6. The molecule has 1 aliphatic heterocycles. The summed E-state index contributed by atoms with van der Waals surface area (Å²) >= 11 is 0. The number of hydrogen-bond donors (Lipinski definition) is 6. The van der Waals surface area contributed by atoms with Crippen molar-refractivity contribution in [3.8, 4) is 0 Å². The number of phosphoric ester groups is 1. The number of rotatable bonds is 44. The molecule has 0 bridgehead atoms. The molecule has 0 radical (unpaired) electrons. The molecule has 1 fully saturated rings. The zero-order valence-electron chi connectivity index (χ0n) is 41.4. The Morgan fingerprint density at radius 3 is 1.83 bits per heavy atom. The van der Waals surface area contributed by atoms with Crippen LogP contribution in [0.4, 0.5) is 0 Å². The lowest BCUT2D eigenvalue weighted by atomic mass is 9.87. The number of hydrogen-bond acceptors (Lipinski definition) is 13. The van der Waals surface area contributed by atoms with Gasteiger partial charge in [0, 0.05) is 25.2 Å². The van der Waals surface area contributed by atoms with Crippen molar-refractivity contribution in [3.05, 3.63) is 24.3 Å². The van der Waals surface area contributed by atoms with Gasteiger partial charge in [0.1, 0.15) is 12.7 Å². The summed E-state index contributed by atoms with van der Waals surface area (Å²) in [6.45, 7) is 4.38. The van der Waals surface area contributed by atoms with E-state index in [4.69, 9.17) is 28.4 Å². The second-order valence-corrected chi connectivity index (χ2v) is 20.1. The van der Waals surface area contributed by atoms with Crippen molar-refractivity contribution < 1.29 is 67.8 Å². The van der Waals surface area contributed by atoms with Crippen LogP contribution in [-0.4, -0.2) is 106 Å². The fourth-order valence-electron chi connectivity index (χ4n) is 7.95. The summed E-state index contributed by atoms with van der Waals surface area (Å²) in [5, 5.41) is 49.5. The molecule has 9 atom stereocenters. The Hall–Kier alpha value is -1.71.